The van der Waals surface area contributed by atoms with E-state index in [0.717, 1.165) is 24.1 Å². The molecule has 2 rings (SSSR count). The van der Waals surface area contributed by atoms with Crippen LogP contribution < -0.4 is 11.1 Å². The van der Waals surface area contributed by atoms with Gasteiger partial charge >= 0.3 is 0 Å². The monoisotopic (exact) mass is 277 g/mol. The van der Waals surface area contributed by atoms with Gasteiger partial charge in [0.2, 0.25) is 0 Å². The summed E-state index contributed by atoms with van der Waals surface area (Å²) in [5.41, 5.74) is 5.83. The topological polar surface area (TPSA) is 67.1 Å². The zero-order chi connectivity index (χ0) is 14.5. The molecule has 0 radical (unpaired) electrons. The van der Waals surface area contributed by atoms with Crippen molar-refractivity contribution in [2.45, 2.75) is 39.0 Å². The molecule has 0 atom stereocenters. The van der Waals surface area contributed by atoms with Gasteiger partial charge in [0.1, 0.15) is 17.5 Å². The van der Waals surface area contributed by atoms with Crippen LogP contribution in [0.1, 0.15) is 44.9 Å². The number of hydrogen-bond donors (Lipinski definition) is 2. The van der Waals surface area contributed by atoms with Crippen LogP contribution in [0.4, 0.5) is 11.6 Å². The summed E-state index contributed by atoms with van der Waals surface area (Å²) in [6.07, 6.45) is 3.82. The van der Waals surface area contributed by atoms with E-state index in [-0.39, 0.29) is 0 Å². The van der Waals surface area contributed by atoms with Crippen molar-refractivity contribution in [2.24, 2.45) is 5.92 Å². The van der Waals surface area contributed by atoms with Gasteiger partial charge in [-0.05, 0) is 45.3 Å². The van der Waals surface area contributed by atoms with Gasteiger partial charge in [-0.1, -0.05) is 13.8 Å². The third-order valence-electron chi connectivity index (χ3n) is 3.98. The van der Waals surface area contributed by atoms with Crippen molar-refractivity contribution in [3.8, 4) is 0 Å². The van der Waals surface area contributed by atoms with Crippen LogP contribution in [0.2, 0.25) is 0 Å². The summed E-state index contributed by atoms with van der Waals surface area (Å²) < 4.78 is 0. The van der Waals surface area contributed by atoms with Crippen LogP contribution in [0.25, 0.3) is 0 Å². The summed E-state index contributed by atoms with van der Waals surface area (Å²) >= 11 is 0. The lowest BCUT2D eigenvalue weighted by atomic mass is 9.94. The molecule has 20 heavy (non-hydrogen) atoms. The van der Waals surface area contributed by atoms with Crippen LogP contribution in [0, 0.1) is 5.92 Å². The van der Waals surface area contributed by atoms with Gasteiger partial charge in [-0.3, -0.25) is 0 Å². The van der Waals surface area contributed by atoms with E-state index in [4.69, 9.17) is 5.73 Å². The molecule has 1 saturated heterocycles. The fourth-order valence-corrected chi connectivity index (χ4v) is 2.59. The summed E-state index contributed by atoms with van der Waals surface area (Å²) in [5.74, 6) is 3.35. The summed E-state index contributed by atoms with van der Waals surface area (Å²) in [6, 6.07) is 1.82. The molecule has 112 valence electrons. The van der Waals surface area contributed by atoms with Crippen molar-refractivity contribution in [2.75, 3.05) is 37.7 Å². The van der Waals surface area contributed by atoms with Gasteiger partial charge in [-0.25, -0.2) is 9.97 Å². The van der Waals surface area contributed by atoms with Crippen LogP contribution in [0.5, 0.6) is 0 Å². The largest absolute Gasteiger partial charge is 0.384 e. The third-order valence-corrected chi connectivity index (χ3v) is 3.98. The number of nitrogen functional groups attached to an aromatic ring is 1. The SMILES string of the molecule is CC(C)c1nc(N)cc(NCCC2CCN(C)CC2)n1. The quantitative estimate of drug-likeness (QED) is 0.864. The molecule has 1 aliphatic rings. The summed E-state index contributed by atoms with van der Waals surface area (Å²) in [7, 11) is 2.20. The average Bonchev–Trinajstić information content (AvgIpc) is 2.40. The maximum absolute atomic E-state index is 5.83. The number of piperidine rings is 1. The Morgan fingerprint density at radius 2 is 2.05 bits per heavy atom. The number of rotatable bonds is 5. The van der Waals surface area contributed by atoms with Crippen LogP contribution in [-0.4, -0.2) is 41.5 Å². The Labute approximate surface area is 122 Å². The van der Waals surface area contributed by atoms with Crippen LogP contribution in [0.3, 0.4) is 0 Å². The molecule has 0 spiro atoms. The second-order valence-electron chi connectivity index (χ2n) is 6.15. The van der Waals surface area contributed by atoms with E-state index in [0.29, 0.717) is 11.7 Å². The summed E-state index contributed by atoms with van der Waals surface area (Å²) in [4.78, 5) is 11.2. The Kier molecular flexibility index (Phi) is 5.17. The molecule has 0 unspecified atom stereocenters. The molecule has 2 heterocycles. The van der Waals surface area contributed by atoms with Gasteiger partial charge in [-0.2, -0.15) is 0 Å². The molecule has 0 aromatic carbocycles. The number of nitrogens with zero attached hydrogens (tertiary/aromatic N) is 3. The van der Waals surface area contributed by atoms with E-state index in [1.165, 1.54) is 32.4 Å². The Balaban J connectivity index is 1.82. The van der Waals surface area contributed by atoms with E-state index in [2.05, 4.69) is 41.1 Å². The predicted octanol–water partition coefficient (Wildman–Crippen LogP) is 2.33. The third kappa shape index (κ3) is 4.34. The van der Waals surface area contributed by atoms with E-state index in [9.17, 15) is 0 Å². The second-order valence-corrected chi connectivity index (χ2v) is 6.15. The molecule has 0 saturated carbocycles. The highest BCUT2D eigenvalue weighted by atomic mass is 15.1. The molecule has 1 fully saturated rings. The maximum atomic E-state index is 5.83. The molecular weight excluding hydrogens is 250 g/mol. The normalized spacial score (nSPS) is 17.6. The highest BCUT2D eigenvalue weighted by molar-refractivity contribution is 5.44. The van der Waals surface area contributed by atoms with Gasteiger partial charge < -0.3 is 16.0 Å². The molecule has 0 aliphatic carbocycles. The fraction of sp³-hybridized carbons (Fsp3) is 0.733. The van der Waals surface area contributed by atoms with Crippen molar-refractivity contribution in [1.82, 2.24) is 14.9 Å². The molecule has 0 bridgehead atoms. The Morgan fingerprint density at radius 3 is 2.70 bits per heavy atom. The van der Waals surface area contributed by atoms with E-state index < -0.39 is 0 Å². The maximum Gasteiger partial charge on any atom is 0.135 e. The molecule has 1 aromatic rings. The molecular formula is C15H27N5. The average molecular weight is 277 g/mol. The predicted molar refractivity (Wildman–Crippen MR) is 83.9 cm³/mol. The van der Waals surface area contributed by atoms with Crippen molar-refractivity contribution in [1.29, 1.82) is 0 Å². The van der Waals surface area contributed by atoms with Gasteiger partial charge in [-0.15, -0.1) is 0 Å². The zero-order valence-electron chi connectivity index (χ0n) is 12.9. The van der Waals surface area contributed by atoms with Crippen LogP contribution >= 0.6 is 0 Å². The van der Waals surface area contributed by atoms with Gasteiger partial charge in [0.25, 0.3) is 0 Å². The molecule has 3 N–H and O–H groups in total. The standard InChI is InChI=1S/C15H27N5/c1-11(2)15-18-13(16)10-14(19-15)17-7-4-12-5-8-20(3)9-6-12/h10-12H,4-9H2,1-3H3,(H3,16,17,18,19). The highest BCUT2D eigenvalue weighted by Crippen LogP contribution is 2.20. The first-order valence-electron chi connectivity index (χ1n) is 7.61. The lowest BCUT2D eigenvalue weighted by Crippen LogP contribution is -2.30. The van der Waals surface area contributed by atoms with E-state index >= 15 is 0 Å². The first-order chi connectivity index (χ1) is 9.54. The van der Waals surface area contributed by atoms with Crippen molar-refractivity contribution < 1.29 is 0 Å². The van der Waals surface area contributed by atoms with Gasteiger partial charge in [0.15, 0.2) is 0 Å². The lowest BCUT2D eigenvalue weighted by molar-refractivity contribution is 0.215. The molecule has 5 nitrogen and oxygen atoms in total. The lowest BCUT2D eigenvalue weighted by Gasteiger charge is -2.28. The number of nitrogens with one attached hydrogen (secondary N) is 1. The van der Waals surface area contributed by atoms with Crippen molar-refractivity contribution in [3.05, 3.63) is 11.9 Å². The molecule has 0 amide bonds. The smallest absolute Gasteiger partial charge is 0.135 e. The fourth-order valence-electron chi connectivity index (χ4n) is 2.59. The summed E-state index contributed by atoms with van der Waals surface area (Å²) in [6.45, 7) is 7.57. The van der Waals surface area contributed by atoms with E-state index in [1.807, 2.05) is 6.07 Å². The minimum atomic E-state index is 0.299. The van der Waals surface area contributed by atoms with E-state index in [1.54, 1.807) is 0 Å². The molecule has 1 aromatic heterocycles. The Bertz CT molecular complexity index is 424. The molecule has 5 heteroatoms. The molecule has 1 aliphatic heterocycles. The Hall–Kier alpha value is -1.36. The minimum absolute atomic E-state index is 0.299. The second kappa shape index (κ2) is 6.88. The Morgan fingerprint density at radius 1 is 1.35 bits per heavy atom. The van der Waals surface area contributed by atoms with Crippen molar-refractivity contribution in [3.63, 3.8) is 0 Å². The first kappa shape index (κ1) is 15.0. The number of aromatic nitrogens is 2. The number of anilines is 2. The minimum Gasteiger partial charge on any atom is -0.384 e. The van der Waals surface area contributed by atoms with Crippen LogP contribution in [-0.2, 0) is 0 Å². The van der Waals surface area contributed by atoms with Crippen molar-refractivity contribution >= 4 is 11.6 Å². The van der Waals surface area contributed by atoms with Gasteiger partial charge in [0.05, 0.1) is 0 Å². The summed E-state index contributed by atoms with van der Waals surface area (Å²) in [5, 5.41) is 3.39. The number of hydrogen-bond acceptors (Lipinski definition) is 5. The van der Waals surface area contributed by atoms with Gasteiger partial charge in [0, 0.05) is 18.5 Å². The highest BCUT2D eigenvalue weighted by Gasteiger charge is 2.16. The first-order valence-corrected chi connectivity index (χ1v) is 7.61. The zero-order valence-corrected chi connectivity index (χ0v) is 12.9. The van der Waals surface area contributed by atoms with Crippen LogP contribution in [0.15, 0.2) is 6.07 Å². The number of nitrogens with two attached hydrogens (primary N) is 1. The number of likely N-dealkylation sites (tertiary alicyclic amines) is 1.